The van der Waals surface area contributed by atoms with Crippen LogP contribution in [0.5, 0.6) is 11.5 Å². The maximum Gasteiger partial charge on any atom is 0.259 e. The third kappa shape index (κ3) is 5.85. The molecule has 1 aliphatic rings. The van der Waals surface area contributed by atoms with E-state index in [1.807, 2.05) is 30.3 Å². The first-order valence-electron chi connectivity index (χ1n) is 12.2. The van der Waals surface area contributed by atoms with Gasteiger partial charge in [0.05, 0.1) is 26.9 Å². The van der Waals surface area contributed by atoms with E-state index in [1.54, 1.807) is 56.5 Å². The summed E-state index contributed by atoms with van der Waals surface area (Å²) in [6.45, 7) is 1.80. The molecule has 1 amide bonds. The number of anilines is 1. The summed E-state index contributed by atoms with van der Waals surface area (Å²) >= 11 is 0. The number of carbonyl (C=O) groups is 3. The summed E-state index contributed by atoms with van der Waals surface area (Å²) in [4.78, 5) is 39.9. The molecule has 8 nitrogen and oxygen atoms in total. The first-order chi connectivity index (χ1) is 18.9. The average Bonchev–Trinajstić information content (AvgIpc) is 2.96. The molecule has 0 spiro atoms. The Morgan fingerprint density at radius 3 is 2.08 bits per heavy atom. The number of methoxy groups -OCH3 is 3. The van der Waals surface area contributed by atoms with Crippen molar-refractivity contribution in [3.63, 3.8) is 0 Å². The maximum absolute atomic E-state index is 13.7. The zero-order chi connectivity index (χ0) is 27.9. The molecule has 0 atom stereocenters. The van der Waals surface area contributed by atoms with E-state index in [-0.39, 0.29) is 41.3 Å². The highest BCUT2D eigenvalue weighted by molar-refractivity contribution is 6.23. The van der Waals surface area contributed by atoms with Crippen molar-refractivity contribution in [1.82, 2.24) is 0 Å². The van der Waals surface area contributed by atoms with Crippen LogP contribution >= 0.6 is 0 Å². The third-order valence-corrected chi connectivity index (χ3v) is 6.39. The van der Waals surface area contributed by atoms with Crippen LogP contribution in [0.2, 0.25) is 0 Å². The van der Waals surface area contributed by atoms with E-state index in [4.69, 9.17) is 18.9 Å². The lowest BCUT2D eigenvalue weighted by Crippen LogP contribution is -2.26. The van der Waals surface area contributed by atoms with Gasteiger partial charge in [-0.25, -0.2) is 0 Å². The normalized spacial score (nSPS) is 13.3. The fourth-order valence-electron chi connectivity index (χ4n) is 4.30. The second kappa shape index (κ2) is 12.1. The molecule has 0 unspecified atom stereocenters. The van der Waals surface area contributed by atoms with Crippen molar-refractivity contribution in [2.75, 3.05) is 26.6 Å². The van der Waals surface area contributed by atoms with E-state index < -0.39 is 17.5 Å². The Morgan fingerprint density at radius 2 is 1.44 bits per heavy atom. The van der Waals surface area contributed by atoms with Gasteiger partial charge in [-0.1, -0.05) is 42.5 Å². The van der Waals surface area contributed by atoms with Crippen molar-refractivity contribution in [3.8, 4) is 11.5 Å². The fraction of sp³-hybridized carbons (Fsp3) is 0.194. The largest absolute Gasteiger partial charge is 0.497 e. The molecule has 0 bridgehead atoms. The molecule has 39 heavy (non-hydrogen) atoms. The van der Waals surface area contributed by atoms with Gasteiger partial charge in [-0.2, -0.15) is 0 Å². The second-order valence-corrected chi connectivity index (χ2v) is 8.75. The predicted molar refractivity (Wildman–Crippen MR) is 146 cm³/mol. The van der Waals surface area contributed by atoms with Gasteiger partial charge in [0, 0.05) is 23.3 Å². The molecule has 4 rings (SSSR count). The molecule has 0 aromatic heterocycles. The summed E-state index contributed by atoms with van der Waals surface area (Å²) in [5, 5.41) is 2.90. The second-order valence-electron chi connectivity index (χ2n) is 8.75. The Hall–Kier alpha value is -4.85. The van der Waals surface area contributed by atoms with Crippen LogP contribution in [0.3, 0.4) is 0 Å². The standard InChI is InChI=1S/C31H29NO7/c1-19-24(28(34)30(38-4)29(37-3)27(19)33)17-21-11-8-12-25(39-18-20-9-6-5-7-10-20)26(21)31(35)32-22-13-15-23(36-2)16-14-22/h5-16H,17-18H2,1-4H3,(H,32,35). The molecule has 0 radical (unpaired) electrons. The third-order valence-electron chi connectivity index (χ3n) is 6.39. The van der Waals surface area contributed by atoms with Gasteiger partial charge in [-0.05, 0) is 48.4 Å². The summed E-state index contributed by atoms with van der Waals surface area (Å²) in [7, 11) is 4.18. The summed E-state index contributed by atoms with van der Waals surface area (Å²) in [5.41, 5.74) is 2.70. The van der Waals surface area contributed by atoms with Crippen molar-refractivity contribution in [1.29, 1.82) is 0 Å². The van der Waals surface area contributed by atoms with Crippen LogP contribution in [0, 0.1) is 0 Å². The zero-order valence-corrected chi connectivity index (χ0v) is 22.2. The highest BCUT2D eigenvalue weighted by atomic mass is 16.5. The molecule has 200 valence electrons. The number of ketones is 2. The molecular formula is C31H29NO7. The minimum Gasteiger partial charge on any atom is -0.497 e. The number of hydrogen-bond donors (Lipinski definition) is 1. The monoisotopic (exact) mass is 527 g/mol. The predicted octanol–water partition coefficient (Wildman–Crippen LogP) is 5.04. The Bertz CT molecular complexity index is 1450. The van der Waals surface area contributed by atoms with Gasteiger partial charge in [0.15, 0.2) is 0 Å². The van der Waals surface area contributed by atoms with E-state index >= 15 is 0 Å². The molecule has 0 aliphatic heterocycles. The van der Waals surface area contributed by atoms with E-state index in [1.165, 1.54) is 14.2 Å². The number of carbonyl (C=O) groups excluding carboxylic acids is 3. The highest BCUT2D eigenvalue weighted by Crippen LogP contribution is 2.32. The van der Waals surface area contributed by atoms with Crippen molar-refractivity contribution in [3.05, 3.63) is 112 Å². The van der Waals surface area contributed by atoms with Gasteiger partial charge in [0.2, 0.25) is 23.1 Å². The Balaban J connectivity index is 1.72. The molecule has 0 fully saturated rings. The van der Waals surface area contributed by atoms with E-state index in [0.29, 0.717) is 22.7 Å². The number of Topliss-reactive ketones (excluding diaryl/α,β-unsaturated/α-hetero) is 2. The number of hydrogen-bond acceptors (Lipinski definition) is 7. The minimum atomic E-state index is -0.469. The SMILES string of the molecule is COC1=C(OC)C(=O)C(Cc2cccc(OCc3ccccc3)c2C(=O)Nc2ccc(OC)cc2)=C(C)C1=O. The number of rotatable bonds is 10. The van der Waals surface area contributed by atoms with E-state index in [2.05, 4.69) is 5.32 Å². The summed E-state index contributed by atoms with van der Waals surface area (Å²) in [6.07, 6.45) is 0.00810. The zero-order valence-electron chi connectivity index (χ0n) is 22.2. The van der Waals surface area contributed by atoms with E-state index in [0.717, 1.165) is 5.56 Å². The Kier molecular flexibility index (Phi) is 8.46. The summed E-state index contributed by atoms with van der Waals surface area (Å²) < 4.78 is 21.7. The van der Waals surface area contributed by atoms with Crippen molar-refractivity contribution >= 4 is 23.2 Å². The van der Waals surface area contributed by atoms with Crippen molar-refractivity contribution in [2.24, 2.45) is 0 Å². The number of allylic oxidation sites excluding steroid dienone is 2. The van der Waals surface area contributed by atoms with Crippen LogP contribution in [0.1, 0.15) is 28.4 Å². The van der Waals surface area contributed by atoms with Crippen LogP contribution in [0.15, 0.2) is 95.5 Å². The lowest BCUT2D eigenvalue weighted by molar-refractivity contribution is -0.121. The first kappa shape index (κ1) is 27.2. The minimum absolute atomic E-state index is 0.00810. The van der Waals surface area contributed by atoms with Gasteiger partial charge >= 0.3 is 0 Å². The molecule has 3 aromatic rings. The molecule has 0 heterocycles. The van der Waals surface area contributed by atoms with Crippen LogP contribution < -0.4 is 14.8 Å². The molecule has 1 aliphatic carbocycles. The lowest BCUT2D eigenvalue weighted by atomic mass is 9.87. The topological polar surface area (TPSA) is 100 Å². The Labute approximate surface area is 226 Å². The van der Waals surface area contributed by atoms with Gasteiger partial charge in [-0.3, -0.25) is 14.4 Å². The number of amides is 1. The molecule has 3 aromatic carbocycles. The summed E-state index contributed by atoms with van der Waals surface area (Å²) in [5.74, 6) is -0.638. The highest BCUT2D eigenvalue weighted by Gasteiger charge is 2.35. The maximum atomic E-state index is 13.7. The summed E-state index contributed by atoms with van der Waals surface area (Å²) in [6, 6.07) is 21.7. The van der Waals surface area contributed by atoms with Crippen LogP contribution in [-0.2, 0) is 32.1 Å². The Morgan fingerprint density at radius 1 is 0.769 bits per heavy atom. The molecule has 8 heteroatoms. The number of benzene rings is 3. The van der Waals surface area contributed by atoms with Gasteiger partial charge < -0.3 is 24.3 Å². The van der Waals surface area contributed by atoms with Crippen LogP contribution in [-0.4, -0.2) is 38.8 Å². The molecule has 1 N–H and O–H groups in total. The van der Waals surface area contributed by atoms with Crippen molar-refractivity contribution < 1.29 is 33.3 Å². The smallest absolute Gasteiger partial charge is 0.259 e. The quantitative estimate of drug-likeness (QED) is 0.369. The number of nitrogens with one attached hydrogen (secondary N) is 1. The number of ether oxygens (including phenoxy) is 4. The van der Waals surface area contributed by atoms with E-state index in [9.17, 15) is 14.4 Å². The molecular weight excluding hydrogens is 498 g/mol. The average molecular weight is 528 g/mol. The lowest BCUT2D eigenvalue weighted by Gasteiger charge is -2.22. The fourth-order valence-corrected chi connectivity index (χ4v) is 4.30. The van der Waals surface area contributed by atoms with Crippen LogP contribution in [0.4, 0.5) is 5.69 Å². The molecule has 0 saturated heterocycles. The van der Waals surface area contributed by atoms with Crippen LogP contribution in [0.25, 0.3) is 0 Å². The van der Waals surface area contributed by atoms with Gasteiger partial charge in [0.1, 0.15) is 18.1 Å². The van der Waals surface area contributed by atoms with Crippen molar-refractivity contribution in [2.45, 2.75) is 20.0 Å². The molecule has 0 saturated carbocycles. The van der Waals surface area contributed by atoms with Gasteiger partial charge in [-0.15, -0.1) is 0 Å². The van der Waals surface area contributed by atoms with Gasteiger partial charge in [0.25, 0.3) is 5.91 Å². The first-order valence-corrected chi connectivity index (χ1v) is 12.2.